The van der Waals surface area contributed by atoms with Crippen LogP contribution in [-0.2, 0) is 19.6 Å². The van der Waals surface area contributed by atoms with Crippen LogP contribution in [0.25, 0.3) is 11.0 Å². The summed E-state index contributed by atoms with van der Waals surface area (Å²) < 4.78 is 7.38. The van der Waals surface area contributed by atoms with E-state index < -0.39 is 0 Å². The Balaban J connectivity index is 1.20. The van der Waals surface area contributed by atoms with Crippen LogP contribution >= 0.6 is 0 Å². The Bertz CT molecular complexity index is 1380. The van der Waals surface area contributed by atoms with E-state index in [2.05, 4.69) is 34.1 Å². The van der Waals surface area contributed by atoms with E-state index in [-0.39, 0.29) is 18.1 Å². The van der Waals surface area contributed by atoms with Gasteiger partial charge in [-0.3, -0.25) is 0 Å². The molecule has 0 bridgehead atoms. The molecule has 4 aromatic rings. The van der Waals surface area contributed by atoms with Gasteiger partial charge in [-0.25, -0.2) is 15.0 Å². The Kier molecular flexibility index (Phi) is 5.42. The maximum absolute atomic E-state index is 10.1. The van der Waals surface area contributed by atoms with Crippen LogP contribution in [0.1, 0.15) is 41.4 Å². The fourth-order valence-electron chi connectivity index (χ4n) is 5.84. The van der Waals surface area contributed by atoms with Crippen molar-refractivity contribution in [3.8, 4) is 5.75 Å². The molecule has 3 heterocycles. The number of nitrogens with two attached hydrogens (primary N) is 1. The average molecular weight is 471 g/mol. The largest absolute Gasteiger partial charge is 0.497 e. The Morgan fingerprint density at radius 2 is 1.97 bits per heavy atom. The second-order valence-electron chi connectivity index (χ2n) is 9.72. The molecule has 1 atom stereocenters. The summed E-state index contributed by atoms with van der Waals surface area (Å²) in [5, 5.41) is 10.1. The minimum atomic E-state index is -0.152. The Morgan fingerprint density at radius 3 is 2.74 bits per heavy atom. The molecule has 35 heavy (non-hydrogen) atoms. The third-order valence-corrected chi connectivity index (χ3v) is 7.83. The molecule has 0 unspecified atom stereocenters. The van der Waals surface area contributed by atoms with Crippen molar-refractivity contribution in [2.75, 3.05) is 25.1 Å². The molecule has 0 amide bonds. The van der Waals surface area contributed by atoms with Gasteiger partial charge in [-0.15, -0.1) is 0 Å². The van der Waals surface area contributed by atoms with Crippen molar-refractivity contribution in [3.63, 3.8) is 0 Å². The molecule has 2 aromatic heterocycles. The standard InChI is InChI=1S/C27H30N6O2/c1-35-20-6-7-22-24(12-20)33(17-30-22)15-19-14-29-26(23(16-34)31-19)32-10-8-27(9-11-32)13-18-4-2-3-5-21(18)25(27)28/h2-7,12,14,17,25,34H,8-11,13,15-16,28H2,1H3/t25-/m1/s1. The maximum Gasteiger partial charge on any atom is 0.152 e. The van der Waals surface area contributed by atoms with E-state index in [1.165, 1.54) is 11.1 Å². The van der Waals surface area contributed by atoms with Gasteiger partial charge in [0.05, 0.1) is 49.5 Å². The highest BCUT2D eigenvalue weighted by molar-refractivity contribution is 5.77. The normalized spacial score (nSPS) is 18.8. The van der Waals surface area contributed by atoms with E-state index in [1.807, 2.05) is 29.0 Å². The zero-order chi connectivity index (χ0) is 24.0. The lowest BCUT2D eigenvalue weighted by Gasteiger charge is -2.42. The number of aliphatic hydroxyl groups excluding tert-OH is 1. The highest BCUT2D eigenvalue weighted by Gasteiger charge is 2.46. The lowest BCUT2D eigenvalue weighted by molar-refractivity contribution is 0.186. The van der Waals surface area contributed by atoms with Crippen LogP contribution in [0.15, 0.2) is 55.0 Å². The number of rotatable bonds is 5. The topological polar surface area (TPSA) is 102 Å². The van der Waals surface area contributed by atoms with Gasteiger partial charge in [-0.05, 0) is 47.9 Å². The van der Waals surface area contributed by atoms with Crippen LogP contribution in [0.3, 0.4) is 0 Å². The van der Waals surface area contributed by atoms with Gasteiger partial charge >= 0.3 is 0 Å². The van der Waals surface area contributed by atoms with E-state index in [0.29, 0.717) is 12.2 Å². The summed E-state index contributed by atoms with van der Waals surface area (Å²) in [6.07, 6.45) is 6.65. The lowest BCUT2D eigenvalue weighted by Crippen LogP contribution is -2.45. The fourth-order valence-corrected chi connectivity index (χ4v) is 5.84. The molecule has 1 spiro atoms. The second-order valence-corrected chi connectivity index (χ2v) is 9.72. The van der Waals surface area contributed by atoms with Gasteiger partial charge in [0.2, 0.25) is 0 Å². The highest BCUT2D eigenvalue weighted by atomic mass is 16.5. The smallest absolute Gasteiger partial charge is 0.152 e. The second kappa shape index (κ2) is 8.62. The van der Waals surface area contributed by atoms with Crippen LogP contribution in [0.5, 0.6) is 5.75 Å². The van der Waals surface area contributed by atoms with Gasteiger partial charge in [-0.2, -0.15) is 0 Å². The molecule has 2 aliphatic rings. The van der Waals surface area contributed by atoms with Gasteiger partial charge in [-0.1, -0.05) is 24.3 Å². The van der Waals surface area contributed by atoms with Gasteiger partial charge < -0.3 is 25.0 Å². The minimum Gasteiger partial charge on any atom is -0.497 e. The third-order valence-electron chi connectivity index (χ3n) is 7.83. The summed E-state index contributed by atoms with van der Waals surface area (Å²) in [6, 6.07) is 14.5. The Morgan fingerprint density at radius 1 is 1.14 bits per heavy atom. The molecule has 3 N–H and O–H groups in total. The number of fused-ring (bicyclic) bond motifs is 2. The first-order chi connectivity index (χ1) is 17.1. The molecular formula is C27H30N6O2. The van der Waals surface area contributed by atoms with Crippen molar-refractivity contribution in [2.45, 2.75) is 38.5 Å². The summed E-state index contributed by atoms with van der Waals surface area (Å²) in [6.45, 7) is 2.07. The number of imidazole rings is 1. The Hall–Kier alpha value is -3.49. The van der Waals surface area contributed by atoms with Gasteiger partial charge in [0.25, 0.3) is 0 Å². The first-order valence-corrected chi connectivity index (χ1v) is 12.1. The van der Waals surface area contributed by atoms with Crippen molar-refractivity contribution in [1.82, 2.24) is 19.5 Å². The highest BCUT2D eigenvalue weighted by Crippen LogP contribution is 2.51. The van der Waals surface area contributed by atoms with Crippen molar-refractivity contribution >= 4 is 16.9 Å². The SMILES string of the molecule is COc1ccc2ncn(Cc3cnc(N4CCC5(CC4)Cc4ccccc4[C@H]5N)c(CO)n3)c2c1. The van der Waals surface area contributed by atoms with Crippen molar-refractivity contribution in [2.24, 2.45) is 11.1 Å². The summed E-state index contributed by atoms with van der Waals surface area (Å²) >= 11 is 0. The molecule has 0 radical (unpaired) electrons. The van der Waals surface area contributed by atoms with E-state index in [1.54, 1.807) is 13.4 Å². The number of anilines is 1. The number of ether oxygens (including phenoxy) is 1. The first kappa shape index (κ1) is 22.0. The van der Waals surface area contributed by atoms with Crippen molar-refractivity contribution in [1.29, 1.82) is 0 Å². The molecule has 180 valence electrons. The molecule has 6 rings (SSSR count). The molecule has 2 aromatic carbocycles. The molecule has 1 aliphatic heterocycles. The molecule has 0 saturated carbocycles. The fraction of sp³-hybridized carbons (Fsp3) is 0.370. The number of hydrogen-bond donors (Lipinski definition) is 2. The summed E-state index contributed by atoms with van der Waals surface area (Å²) in [5.74, 6) is 1.55. The lowest BCUT2D eigenvalue weighted by atomic mass is 9.73. The predicted octanol–water partition coefficient (Wildman–Crippen LogP) is 3.22. The molecule has 8 heteroatoms. The quantitative estimate of drug-likeness (QED) is 0.462. The third kappa shape index (κ3) is 3.73. The molecule has 1 fully saturated rings. The number of methoxy groups -OCH3 is 1. The van der Waals surface area contributed by atoms with Crippen LogP contribution in [-0.4, -0.2) is 44.8 Å². The number of nitrogens with zero attached hydrogens (tertiary/aromatic N) is 5. The summed E-state index contributed by atoms with van der Waals surface area (Å²) in [5.41, 5.74) is 12.8. The molecule has 1 aliphatic carbocycles. The minimum absolute atomic E-state index is 0.0789. The van der Waals surface area contributed by atoms with Crippen LogP contribution in [0.4, 0.5) is 5.82 Å². The van der Waals surface area contributed by atoms with Crippen molar-refractivity contribution in [3.05, 3.63) is 77.5 Å². The maximum atomic E-state index is 10.1. The zero-order valence-corrected chi connectivity index (χ0v) is 19.9. The number of benzene rings is 2. The monoisotopic (exact) mass is 470 g/mol. The average Bonchev–Trinajstić information content (AvgIpc) is 3.42. The first-order valence-electron chi connectivity index (χ1n) is 12.1. The number of piperidine rings is 1. The number of hydrogen-bond acceptors (Lipinski definition) is 7. The summed E-state index contributed by atoms with van der Waals surface area (Å²) in [7, 11) is 1.65. The van der Waals surface area contributed by atoms with Crippen LogP contribution in [0, 0.1) is 5.41 Å². The molecular weight excluding hydrogens is 440 g/mol. The van der Waals surface area contributed by atoms with Gasteiger partial charge in [0, 0.05) is 25.2 Å². The molecule has 8 nitrogen and oxygen atoms in total. The van der Waals surface area contributed by atoms with Gasteiger partial charge in [0.1, 0.15) is 11.4 Å². The van der Waals surface area contributed by atoms with Gasteiger partial charge in [0.15, 0.2) is 5.82 Å². The predicted molar refractivity (Wildman–Crippen MR) is 134 cm³/mol. The van der Waals surface area contributed by atoms with Crippen LogP contribution < -0.4 is 15.4 Å². The summed E-state index contributed by atoms with van der Waals surface area (Å²) in [4.78, 5) is 16.2. The number of aromatic nitrogens is 4. The van der Waals surface area contributed by atoms with Crippen molar-refractivity contribution < 1.29 is 9.84 Å². The molecule has 1 saturated heterocycles. The number of aliphatic hydroxyl groups is 1. The van der Waals surface area contributed by atoms with Crippen LogP contribution in [0.2, 0.25) is 0 Å². The van der Waals surface area contributed by atoms with E-state index >= 15 is 0 Å². The van der Waals surface area contributed by atoms with E-state index in [9.17, 15) is 5.11 Å². The Labute approximate surface area is 204 Å². The van der Waals surface area contributed by atoms with E-state index in [4.69, 9.17) is 20.4 Å². The van der Waals surface area contributed by atoms with E-state index in [0.717, 1.165) is 60.6 Å². The zero-order valence-electron chi connectivity index (χ0n) is 19.9.